The summed E-state index contributed by atoms with van der Waals surface area (Å²) in [6, 6.07) is 13.9. The first-order valence-electron chi connectivity index (χ1n) is 7.41. The fraction of sp³-hybridized carbons (Fsp3) is 0.353. The highest BCUT2D eigenvalue weighted by Gasteiger charge is 2.36. The Morgan fingerprint density at radius 2 is 2.05 bits per heavy atom. The molecule has 0 unspecified atom stereocenters. The van der Waals surface area contributed by atoms with E-state index in [1.54, 1.807) is 6.07 Å². The normalized spacial score (nSPS) is 21.3. The predicted molar refractivity (Wildman–Crippen MR) is 88.1 cm³/mol. The van der Waals surface area contributed by atoms with Gasteiger partial charge in [-0.05, 0) is 36.4 Å². The highest BCUT2D eigenvalue weighted by atomic mass is 32.2. The molecule has 116 valence electrons. The summed E-state index contributed by atoms with van der Waals surface area (Å²) in [5.74, 6) is 0.956. The van der Waals surface area contributed by atoms with Crippen LogP contribution in [0, 0.1) is 5.92 Å². The van der Waals surface area contributed by atoms with Gasteiger partial charge in [0.2, 0.25) is 0 Å². The molecule has 1 fully saturated rings. The number of benzene rings is 1. The molecule has 1 aliphatic rings. The number of hydrogen-bond acceptors (Lipinski definition) is 4. The van der Waals surface area contributed by atoms with E-state index in [0.717, 1.165) is 5.09 Å². The molecule has 2 N–H and O–H groups in total. The highest BCUT2D eigenvalue weighted by Crippen LogP contribution is 2.33. The molecule has 0 bridgehead atoms. The van der Waals surface area contributed by atoms with Crippen molar-refractivity contribution in [2.45, 2.75) is 11.0 Å². The van der Waals surface area contributed by atoms with Crippen LogP contribution >= 0.6 is 11.8 Å². The van der Waals surface area contributed by atoms with Gasteiger partial charge in [0.25, 0.3) is 5.91 Å². The van der Waals surface area contributed by atoms with Crippen LogP contribution in [0.4, 0.5) is 0 Å². The minimum absolute atomic E-state index is 0.0443. The Morgan fingerprint density at radius 1 is 1.27 bits per heavy atom. The maximum Gasteiger partial charge on any atom is 0.289 e. The van der Waals surface area contributed by atoms with Gasteiger partial charge in [-0.15, -0.1) is 0 Å². The number of thioether (sulfide) groups is 1. The number of likely N-dealkylation sites (tertiary alicyclic amines) is 1. The SMILES string of the molecule is CSc1ccc(C(=O)N2C[C@@H](CN)[C@H](c3ccccc3)C2)o1. The van der Waals surface area contributed by atoms with Crippen LogP contribution in [0.2, 0.25) is 0 Å². The van der Waals surface area contributed by atoms with E-state index in [4.69, 9.17) is 10.2 Å². The van der Waals surface area contributed by atoms with Gasteiger partial charge < -0.3 is 15.1 Å². The average molecular weight is 316 g/mol. The van der Waals surface area contributed by atoms with E-state index in [9.17, 15) is 4.79 Å². The lowest BCUT2D eigenvalue weighted by atomic mass is 9.89. The third-order valence-corrected chi connectivity index (χ3v) is 4.87. The van der Waals surface area contributed by atoms with Crippen molar-refractivity contribution in [1.29, 1.82) is 0 Å². The van der Waals surface area contributed by atoms with Crippen LogP contribution in [0.1, 0.15) is 22.0 Å². The first kappa shape index (κ1) is 15.2. The van der Waals surface area contributed by atoms with Crippen LogP contribution in [0.15, 0.2) is 52.0 Å². The van der Waals surface area contributed by atoms with Crippen LogP contribution < -0.4 is 5.73 Å². The van der Waals surface area contributed by atoms with Crippen molar-refractivity contribution >= 4 is 17.7 Å². The number of carbonyl (C=O) groups is 1. The average Bonchev–Trinajstić information content (AvgIpc) is 3.21. The second-order valence-electron chi connectivity index (χ2n) is 5.55. The molecule has 0 saturated carbocycles. The summed E-state index contributed by atoms with van der Waals surface area (Å²) in [4.78, 5) is 14.5. The van der Waals surface area contributed by atoms with E-state index < -0.39 is 0 Å². The lowest BCUT2D eigenvalue weighted by Gasteiger charge is -2.16. The second kappa shape index (κ2) is 6.58. The van der Waals surface area contributed by atoms with Gasteiger partial charge in [-0.3, -0.25) is 4.79 Å². The zero-order chi connectivity index (χ0) is 15.5. The molecule has 2 heterocycles. The van der Waals surface area contributed by atoms with Crippen LogP contribution in [-0.4, -0.2) is 36.7 Å². The Kier molecular flexibility index (Phi) is 4.55. The van der Waals surface area contributed by atoms with Gasteiger partial charge in [0, 0.05) is 19.0 Å². The zero-order valence-electron chi connectivity index (χ0n) is 12.6. The summed E-state index contributed by atoms with van der Waals surface area (Å²) < 4.78 is 5.56. The molecule has 1 saturated heterocycles. The zero-order valence-corrected chi connectivity index (χ0v) is 13.4. The second-order valence-corrected chi connectivity index (χ2v) is 6.36. The summed E-state index contributed by atoms with van der Waals surface area (Å²) in [5, 5.41) is 0.762. The predicted octanol–water partition coefficient (Wildman–Crippen LogP) is 2.82. The molecule has 22 heavy (non-hydrogen) atoms. The number of nitrogens with zero attached hydrogens (tertiary/aromatic N) is 1. The first-order valence-corrected chi connectivity index (χ1v) is 8.63. The van der Waals surface area contributed by atoms with Crippen molar-refractivity contribution in [3.63, 3.8) is 0 Å². The van der Waals surface area contributed by atoms with Crippen LogP contribution in [0.5, 0.6) is 0 Å². The number of amides is 1. The summed E-state index contributed by atoms with van der Waals surface area (Å²) >= 11 is 1.49. The first-order chi connectivity index (χ1) is 10.7. The molecular formula is C17H20N2O2S. The molecule has 1 aromatic carbocycles. The Balaban J connectivity index is 1.77. The van der Waals surface area contributed by atoms with Crippen LogP contribution in [-0.2, 0) is 0 Å². The molecule has 1 amide bonds. The van der Waals surface area contributed by atoms with Crippen molar-refractivity contribution in [3.05, 3.63) is 53.8 Å². The lowest BCUT2D eigenvalue weighted by molar-refractivity contribution is 0.0749. The molecule has 2 aromatic rings. The van der Waals surface area contributed by atoms with E-state index >= 15 is 0 Å². The van der Waals surface area contributed by atoms with Gasteiger partial charge in [-0.25, -0.2) is 0 Å². The molecule has 5 heteroatoms. The molecule has 4 nitrogen and oxygen atoms in total. The highest BCUT2D eigenvalue weighted by molar-refractivity contribution is 7.98. The Morgan fingerprint density at radius 3 is 2.68 bits per heavy atom. The molecule has 0 radical (unpaired) electrons. The summed E-state index contributed by atoms with van der Waals surface area (Å²) in [6.07, 6.45) is 1.93. The van der Waals surface area contributed by atoms with Crippen molar-refractivity contribution in [2.24, 2.45) is 11.7 Å². The molecule has 2 atom stereocenters. The number of nitrogens with two attached hydrogens (primary N) is 1. The summed E-state index contributed by atoms with van der Waals surface area (Å²) in [5.41, 5.74) is 7.17. The quantitative estimate of drug-likeness (QED) is 0.881. The Labute approximate surface area is 134 Å². The molecule has 0 aliphatic carbocycles. The standard InChI is InChI=1S/C17H20N2O2S/c1-22-16-8-7-15(21-16)17(20)19-10-13(9-18)14(11-19)12-5-3-2-4-6-12/h2-8,13-14H,9-11,18H2,1H3/t13-,14+/m1/s1. The van der Waals surface area contributed by atoms with E-state index in [0.29, 0.717) is 37.2 Å². The van der Waals surface area contributed by atoms with Gasteiger partial charge >= 0.3 is 0 Å². The van der Waals surface area contributed by atoms with E-state index in [1.807, 2.05) is 35.4 Å². The molecule has 0 spiro atoms. The van der Waals surface area contributed by atoms with E-state index in [2.05, 4.69) is 12.1 Å². The van der Waals surface area contributed by atoms with Crippen molar-refractivity contribution < 1.29 is 9.21 Å². The maximum absolute atomic E-state index is 12.6. The smallest absolute Gasteiger partial charge is 0.289 e. The maximum atomic E-state index is 12.6. The molecule has 1 aliphatic heterocycles. The van der Waals surface area contributed by atoms with E-state index in [1.165, 1.54) is 17.3 Å². The third kappa shape index (κ3) is 2.91. The van der Waals surface area contributed by atoms with Crippen molar-refractivity contribution in [3.8, 4) is 0 Å². The number of hydrogen-bond donors (Lipinski definition) is 1. The molecule has 3 rings (SSSR count). The molecule has 1 aromatic heterocycles. The minimum atomic E-state index is -0.0443. The Hall–Kier alpha value is -1.72. The van der Waals surface area contributed by atoms with Gasteiger partial charge in [-0.2, -0.15) is 0 Å². The topological polar surface area (TPSA) is 59.5 Å². The van der Waals surface area contributed by atoms with Gasteiger partial charge in [0.05, 0.1) is 0 Å². The summed E-state index contributed by atoms with van der Waals surface area (Å²) in [7, 11) is 0. The fourth-order valence-electron chi connectivity index (χ4n) is 3.05. The fourth-order valence-corrected chi connectivity index (χ4v) is 3.43. The third-order valence-electron chi connectivity index (χ3n) is 4.25. The van der Waals surface area contributed by atoms with Crippen LogP contribution in [0.3, 0.4) is 0 Å². The summed E-state index contributed by atoms with van der Waals surface area (Å²) in [6.45, 7) is 1.96. The van der Waals surface area contributed by atoms with Gasteiger partial charge in [-0.1, -0.05) is 42.1 Å². The van der Waals surface area contributed by atoms with Gasteiger partial charge in [0.15, 0.2) is 10.9 Å². The van der Waals surface area contributed by atoms with Crippen molar-refractivity contribution in [1.82, 2.24) is 4.90 Å². The van der Waals surface area contributed by atoms with E-state index in [-0.39, 0.29) is 5.91 Å². The minimum Gasteiger partial charge on any atom is -0.445 e. The number of carbonyl (C=O) groups excluding carboxylic acids is 1. The number of furan rings is 1. The lowest BCUT2D eigenvalue weighted by Crippen LogP contribution is -2.29. The monoisotopic (exact) mass is 316 g/mol. The molecular weight excluding hydrogens is 296 g/mol. The number of rotatable bonds is 4. The van der Waals surface area contributed by atoms with Crippen molar-refractivity contribution in [2.75, 3.05) is 25.9 Å². The van der Waals surface area contributed by atoms with Crippen LogP contribution in [0.25, 0.3) is 0 Å². The van der Waals surface area contributed by atoms with Gasteiger partial charge in [0.1, 0.15) is 0 Å². The Bertz CT molecular complexity index is 641. The largest absolute Gasteiger partial charge is 0.445 e.